The minimum Gasteiger partial charge on any atom is -0.497 e. The summed E-state index contributed by atoms with van der Waals surface area (Å²) >= 11 is 0. The van der Waals surface area contributed by atoms with E-state index in [0.717, 1.165) is 40.0 Å². The number of aryl methyl sites for hydroxylation is 2. The van der Waals surface area contributed by atoms with Gasteiger partial charge in [-0.1, -0.05) is 60.7 Å². The molecular weight excluding hydrogens is 592 g/mol. The van der Waals surface area contributed by atoms with Crippen LogP contribution in [0.2, 0.25) is 0 Å². The molecule has 3 N–H and O–H groups in total. The van der Waals surface area contributed by atoms with Gasteiger partial charge in [0.25, 0.3) is 0 Å². The van der Waals surface area contributed by atoms with Gasteiger partial charge >= 0.3 is 6.09 Å². The number of ether oxygens (including phenoxy) is 2. The number of carbonyl (C=O) groups excluding carboxylic acids is 2. The first-order chi connectivity index (χ1) is 22.4. The molecule has 47 heavy (non-hydrogen) atoms. The van der Waals surface area contributed by atoms with Gasteiger partial charge in [-0.25, -0.2) is 4.79 Å². The fraction of sp³-hybridized carbons (Fsp3) is 0.351. The average molecular weight is 637 g/mol. The molecule has 1 atom stereocenters. The molecule has 0 radical (unpaired) electrons. The van der Waals surface area contributed by atoms with E-state index in [-0.39, 0.29) is 5.91 Å². The summed E-state index contributed by atoms with van der Waals surface area (Å²) < 4.78 is 13.0. The zero-order valence-corrected chi connectivity index (χ0v) is 28.0. The molecule has 0 saturated carbocycles. The fourth-order valence-corrected chi connectivity index (χ4v) is 5.50. The van der Waals surface area contributed by atoms with Crippen molar-refractivity contribution in [3.8, 4) is 5.75 Å². The maximum atomic E-state index is 13.9. The zero-order chi connectivity index (χ0) is 33.6. The number of nitrogens with zero attached hydrogens (tertiary/aromatic N) is 3. The molecule has 0 aliphatic heterocycles. The van der Waals surface area contributed by atoms with E-state index in [1.807, 2.05) is 66.9 Å². The van der Waals surface area contributed by atoms with Crippen LogP contribution in [0.5, 0.6) is 5.75 Å². The van der Waals surface area contributed by atoms with Crippen molar-refractivity contribution >= 4 is 22.9 Å². The predicted molar refractivity (Wildman–Crippen MR) is 182 cm³/mol. The smallest absolute Gasteiger partial charge is 0.408 e. The number of hydrogen-bond donors (Lipinski definition) is 3. The molecule has 2 aromatic heterocycles. The number of H-pyrrole nitrogens is 1. The third-order valence-electron chi connectivity index (χ3n) is 7.91. The third kappa shape index (κ3) is 8.58. The Balaban J connectivity index is 1.52. The molecule has 5 aromatic rings. The quantitative estimate of drug-likeness (QED) is 0.148. The van der Waals surface area contributed by atoms with Crippen molar-refractivity contribution in [2.24, 2.45) is 0 Å². The summed E-state index contributed by atoms with van der Waals surface area (Å²) in [5.74, 6) is 1.79. The predicted octanol–water partition coefficient (Wildman–Crippen LogP) is 6.30. The molecule has 0 aliphatic carbocycles. The minimum atomic E-state index is -1.28. The molecule has 0 bridgehead atoms. The second kappa shape index (κ2) is 14.1. The van der Waals surface area contributed by atoms with Gasteiger partial charge in [0.2, 0.25) is 5.91 Å². The number of para-hydroxylation sites is 1. The molecule has 0 fully saturated rings. The highest BCUT2D eigenvalue weighted by molar-refractivity contribution is 5.89. The number of rotatable bonds is 12. The number of benzene rings is 3. The van der Waals surface area contributed by atoms with Gasteiger partial charge in [0.05, 0.1) is 19.7 Å². The van der Waals surface area contributed by atoms with E-state index < -0.39 is 23.3 Å². The summed E-state index contributed by atoms with van der Waals surface area (Å²) in [6.45, 7) is 9.12. The maximum Gasteiger partial charge on any atom is 0.408 e. The van der Waals surface area contributed by atoms with Gasteiger partial charge in [-0.2, -0.15) is 0 Å². The van der Waals surface area contributed by atoms with Crippen molar-refractivity contribution in [2.45, 2.75) is 77.6 Å². The normalized spacial score (nSPS) is 12.5. The number of methoxy groups -OCH3 is 1. The van der Waals surface area contributed by atoms with Gasteiger partial charge in [-0.15, -0.1) is 10.2 Å². The number of carbonyl (C=O) groups is 2. The number of hydrogen-bond acceptors (Lipinski definition) is 6. The molecule has 10 heteroatoms. The van der Waals surface area contributed by atoms with Crippen LogP contribution in [0.1, 0.15) is 69.0 Å². The molecule has 3 aromatic carbocycles. The first-order valence-electron chi connectivity index (χ1n) is 15.9. The summed E-state index contributed by atoms with van der Waals surface area (Å²) in [6, 6.07) is 25.6. The third-order valence-corrected chi connectivity index (χ3v) is 7.91. The van der Waals surface area contributed by atoms with E-state index in [0.29, 0.717) is 25.2 Å². The van der Waals surface area contributed by atoms with Gasteiger partial charge < -0.3 is 29.7 Å². The first-order valence-corrected chi connectivity index (χ1v) is 15.9. The van der Waals surface area contributed by atoms with E-state index in [4.69, 9.17) is 14.6 Å². The van der Waals surface area contributed by atoms with Crippen LogP contribution in [0.25, 0.3) is 10.9 Å². The van der Waals surface area contributed by atoms with Crippen molar-refractivity contribution in [3.63, 3.8) is 0 Å². The topological polar surface area (TPSA) is 123 Å². The molecule has 0 saturated heterocycles. The summed E-state index contributed by atoms with van der Waals surface area (Å²) in [5.41, 5.74) is 2.24. The van der Waals surface area contributed by atoms with Crippen molar-refractivity contribution in [2.75, 3.05) is 7.11 Å². The lowest BCUT2D eigenvalue weighted by Gasteiger charge is -2.30. The Morgan fingerprint density at radius 2 is 1.62 bits per heavy atom. The standard InChI is InChI=1S/C37H44N6O4/c1-36(2,3)47-35(45)40-37(4,5)34(44)39-31(22-27-23-38-30-18-11-10-17-29(27)30)33-42-41-32(20-19-25-13-8-7-9-14-25)43(33)24-26-15-12-16-28(21-26)46-6/h7-18,21,23,31,38H,19-20,22,24H2,1-6H3,(H,39,44)(H,40,45)/t31-/m1/s1. The summed E-state index contributed by atoms with van der Waals surface area (Å²) in [4.78, 5) is 30.0. The van der Waals surface area contributed by atoms with E-state index in [1.54, 1.807) is 41.7 Å². The second-order valence-corrected chi connectivity index (χ2v) is 13.2. The molecular formula is C37H44N6O4. The number of amides is 2. The van der Waals surface area contributed by atoms with Crippen LogP contribution in [0.15, 0.2) is 85.1 Å². The Morgan fingerprint density at radius 3 is 2.36 bits per heavy atom. The average Bonchev–Trinajstić information content (AvgIpc) is 3.62. The molecule has 2 amide bonds. The molecule has 246 valence electrons. The Hall–Kier alpha value is -5.12. The molecule has 2 heterocycles. The summed E-state index contributed by atoms with van der Waals surface area (Å²) in [7, 11) is 1.65. The van der Waals surface area contributed by atoms with Gasteiger partial charge in [0.1, 0.15) is 22.7 Å². The molecule has 5 rings (SSSR count). The van der Waals surface area contributed by atoms with Crippen LogP contribution in [0, 0.1) is 0 Å². The van der Waals surface area contributed by atoms with Gasteiger partial charge in [0, 0.05) is 29.9 Å². The van der Waals surface area contributed by atoms with Crippen LogP contribution in [0.4, 0.5) is 4.79 Å². The van der Waals surface area contributed by atoms with E-state index in [1.165, 1.54) is 5.56 Å². The summed E-state index contributed by atoms with van der Waals surface area (Å²) in [6.07, 6.45) is 3.17. The Kier molecular flexibility index (Phi) is 9.98. The van der Waals surface area contributed by atoms with Crippen molar-refractivity contribution in [1.29, 1.82) is 0 Å². The number of nitrogens with one attached hydrogen (secondary N) is 3. The highest BCUT2D eigenvalue weighted by Gasteiger charge is 2.35. The van der Waals surface area contributed by atoms with Crippen LogP contribution < -0.4 is 15.4 Å². The van der Waals surface area contributed by atoms with E-state index in [9.17, 15) is 9.59 Å². The molecule has 10 nitrogen and oxygen atoms in total. The van der Waals surface area contributed by atoms with Crippen molar-refractivity contribution < 1.29 is 19.1 Å². The molecule has 0 aliphatic rings. The number of fused-ring (bicyclic) bond motifs is 1. The van der Waals surface area contributed by atoms with Gasteiger partial charge in [-0.3, -0.25) is 4.79 Å². The lowest BCUT2D eigenvalue weighted by molar-refractivity contribution is -0.127. The molecule has 0 unspecified atom stereocenters. The Bertz CT molecular complexity index is 1820. The van der Waals surface area contributed by atoms with Gasteiger partial charge in [-0.05, 0) is 75.9 Å². The lowest BCUT2D eigenvalue weighted by Crippen LogP contribution is -2.56. The molecule has 0 spiro atoms. The van der Waals surface area contributed by atoms with Crippen LogP contribution in [-0.4, -0.2) is 50.0 Å². The highest BCUT2D eigenvalue weighted by atomic mass is 16.6. The lowest BCUT2D eigenvalue weighted by atomic mass is 10.0. The number of aromatic nitrogens is 4. The number of alkyl carbamates (subject to hydrolysis) is 1. The van der Waals surface area contributed by atoms with Crippen molar-refractivity contribution in [3.05, 3.63) is 113 Å². The summed E-state index contributed by atoms with van der Waals surface area (Å²) in [5, 5.41) is 16.4. The maximum absolute atomic E-state index is 13.9. The van der Waals surface area contributed by atoms with Crippen LogP contribution in [0.3, 0.4) is 0 Å². The van der Waals surface area contributed by atoms with Crippen LogP contribution >= 0.6 is 0 Å². The zero-order valence-electron chi connectivity index (χ0n) is 28.0. The highest BCUT2D eigenvalue weighted by Crippen LogP contribution is 2.27. The first kappa shape index (κ1) is 33.2. The SMILES string of the molecule is COc1cccc(Cn2c(CCc3ccccc3)nnc2[C@@H](Cc2c[nH]c3ccccc23)NC(=O)C(C)(C)NC(=O)OC(C)(C)C)c1. The largest absolute Gasteiger partial charge is 0.497 e. The monoisotopic (exact) mass is 636 g/mol. The minimum absolute atomic E-state index is 0.380. The fourth-order valence-electron chi connectivity index (χ4n) is 5.50. The van der Waals surface area contributed by atoms with E-state index >= 15 is 0 Å². The van der Waals surface area contributed by atoms with Gasteiger partial charge in [0.15, 0.2) is 5.82 Å². The second-order valence-electron chi connectivity index (χ2n) is 13.2. The van der Waals surface area contributed by atoms with E-state index in [2.05, 4.69) is 43.5 Å². The van der Waals surface area contributed by atoms with Crippen molar-refractivity contribution in [1.82, 2.24) is 30.4 Å². The number of aromatic amines is 1. The Morgan fingerprint density at radius 1 is 0.894 bits per heavy atom. The Labute approximate surface area is 275 Å². The van der Waals surface area contributed by atoms with Crippen LogP contribution in [-0.2, 0) is 35.3 Å².